The summed E-state index contributed by atoms with van der Waals surface area (Å²) >= 11 is 0. The topological polar surface area (TPSA) is 44.8 Å². The van der Waals surface area contributed by atoms with Gasteiger partial charge in [0.2, 0.25) is 0 Å². The highest BCUT2D eigenvalue weighted by Crippen LogP contribution is 2.29. The van der Waals surface area contributed by atoms with E-state index in [4.69, 9.17) is 14.2 Å². The standard InChI is InChI=1S/C15H20O4/c1-5-19-15(16)11(2)9-10-12-13(17-3)7-6-8-14(12)18-4/h6-9H,5,10H2,1-4H3. The van der Waals surface area contributed by atoms with Crippen LogP contribution in [0.2, 0.25) is 0 Å². The molecule has 4 nitrogen and oxygen atoms in total. The summed E-state index contributed by atoms with van der Waals surface area (Å²) in [6.45, 7) is 3.90. The number of benzene rings is 1. The molecule has 0 aromatic heterocycles. The van der Waals surface area contributed by atoms with Gasteiger partial charge in [-0.05, 0) is 32.4 Å². The predicted molar refractivity (Wildman–Crippen MR) is 73.6 cm³/mol. The Kier molecular flexibility index (Phi) is 5.93. The monoisotopic (exact) mass is 264 g/mol. The second kappa shape index (κ2) is 7.46. The molecule has 0 N–H and O–H groups in total. The molecule has 1 rings (SSSR count). The summed E-state index contributed by atoms with van der Waals surface area (Å²) < 4.78 is 15.5. The molecule has 0 unspecified atom stereocenters. The van der Waals surface area contributed by atoms with E-state index in [0.29, 0.717) is 18.6 Å². The van der Waals surface area contributed by atoms with Crippen LogP contribution in [0.4, 0.5) is 0 Å². The molecular formula is C15H20O4. The van der Waals surface area contributed by atoms with E-state index in [2.05, 4.69) is 0 Å². The Balaban J connectivity index is 2.93. The van der Waals surface area contributed by atoms with Crippen molar-refractivity contribution >= 4 is 5.97 Å². The van der Waals surface area contributed by atoms with Gasteiger partial charge in [-0.3, -0.25) is 0 Å². The number of hydrogen-bond acceptors (Lipinski definition) is 4. The molecule has 1 aromatic carbocycles. The van der Waals surface area contributed by atoms with Gasteiger partial charge in [-0.2, -0.15) is 0 Å². The third kappa shape index (κ3) is 4.02. The number of carbonyl (C=O) groups is 1. The third-order valence-electron chi connectivity index (χ3n) is 2.74. The number of esters is 1. The SMILES string of the molecule is CCOC(=O)C(C)=CCc1c(OC)cccc1OC. The molecule has 0 heterocycles. The van der Waals surface area contributed by atoms with Gasteiger partial charge in [0.1, 0.15) is 11.5 Å². The first-order chi connectivity index (χ1) is 9.13. The summed E-state index contributed by atoms with van der Waals surface area (Å²) in [6, 6.07) is 5.60. The van der Waals surface area contributed by atoms with E-state index in [1.54, 1.807) is 28.1 Å². The van der Waals surface area contributed by atoms with Crippen molar-refractivity contribution in [2.24, 2.45) is 0 Å². The number of methoxy groups -OCH3 is 2. The van der Waals surface area contributed by atoms with Crippen molar-refractivity contribution in [3.63, 3.8) is 0 Å². The van der Waals surface area contributed by atoms with Crippen LogP contribution >= 0.6 is 0 Å². The lowest BCUT2D eigenvalue weighted by atomic mass is 10.1. The van der Waals surface area contributed by atoms with Crippen LogP contribution in [-0.2, 0) is 16.0 Å². The molecule has 0 aliphatic carbocycles. The molecule has 1 aromatic rings. The molecule has 0 atom stereocenters. The van der Waals surface area contributed by atoms with Gasteiger partial charge in [0.05, 0.1) is 20.8 Å². The van der Waals surface area contributed by atoms with Gasteiger partial charge in [0, 0.05) is 11.1 Å². The van der Waals surface area contributed by atoms with Gasteiger partial charge in [0.15, 0.2) is 0 Å². The second-order valence-corrected chi connectivity index (χ2v) is 3.95. The van der Waals surface area contributed by atoms with Crippen LogP contribution < -0.4 is 9.47 Å². The molecule has 0 saturated carbocycles. The maximum absolute atomic E-state index is 11.5. The van der Waals surface area contributed by atoms with Crippen LogP contribution in [0.1, 0.15) is 19.4 Å². The van der Waals surface area contributed by atoms with E-state index in [0.717, 1.165) is 17.1 Å². The fraction of sp³-hybridized carbons (Fsp3) is 0.400. The van der Waals surface area contributed by atoms with Gasteiger partial charge in [-0.1, -0.05) is 12.1 Å². The number of ether oxygens (including phenoxy) is 3. The Morgan fingerprint density at radius 1 is 1.21 bits per heavy atom. The minimum atomic E-state index is -0.295. The van der Waals surface area contributed by atoms with E-state index in [1.165, 1.54) is 0 Å². The highest BCUT2D eigenvalue weighted by atomic mass is 16.5. The summed E-state index contributed by atoms with van der Waals surface area (Å²) in [7, 11) is 3.22. The first-order valence-corrected chi connectivity index (χ1v) is 6.17. The zero-order valence-corrected chi connectivity index (χ0v) is 11.9. The first kappa shape index (κ1) is 15.1. The van der Waals surface area contributed by atoms with Crippen molar-refractivity contribution in [3.8, 4) is 11.5 Å². The third-order valence-corrected chi connectivity index (χ3v) is 2.74. The van der Waals surface area contributed by atoms with Crippen molar-refractivity contribution < 1.29 is 19.0 Å². The lowest BCUT2D eigenvalue weighted by Crippen LogP contribution is -2.05. The van der Waals surface area contributed by atoms with E-state index in [1.807, 2.05) is 24.3 Å². The first-order valence-electron chi connectivity index (χ1n) is 6.17. The molecule has 0 aliphatic rings. The Morgan fingerprint density at radius 3 is 2.26 bits per heavy atom. The zero-order valence-electron chi connectivity index (χ0n) is 11.9. The largest absolute Gasteiger partial charge is 0.496 e. The van der Waals surface area contributed by atoms with Gasteiger partial charge in [-0.25, -0.2) is 4.79 Å². The quantitative estimate of drug-likeness (QED) is 0.585. The Bertz CT molecular complexity index is 441. The molecule has 0 radical (unpaired) electrons. The van der Waals surface area contributed by atoms with Crippen molar-refractivity contribution in [1.82, 2.24) is 0 Å². The molecule has 0 amide bonds. The molecule has 0 bridgehead atoms. The smallest absolute Gasteiger partial charge is 0.333 e. The average Bonchev–Trinajstić information content (AvgIpc) is 2.44. The van der Waals surface area contributed by atoms with Crippen LogP contribution in [0.5, 0.6) is 11.5 Å². The van der Waals surface area contributed by atoms with Crippen molar-refractivity contribution in [3.05, 3.63) is 35.4 Å². The molecule has 0 fully saturated rings. The fourth-order valence-corrected chi connectivity index (χ4v) is 1.71. The lowest BCUT2D eigenvalue weighted by Gasteiger charge is -2.11. The maximum Gasteiger partial charge on any atom is 0.333 e. The number of hydrogen-bond donors (Lipinski definition) is 0. The summed E-state index contributed by atoms with van der Waals surface area (Å²) in [5.74, 6) is 1.19. The molecule has 4 heteroatoms. The van der Waals surface area contributed by atoms with Gasteiger partial charge in [-0.15, -0.1) is 0 Å². The minimum Gasteiger partial charge on any atom is -0.496 e. The molecular weight excluding hydrogens is 244 g/mol. The maximum atomic E-state index is 11.5. The molecule has 0 spiro atoms. The summed E-state index contributed by atoms with van der Waals surface area (Å²) in [6.07, 6.45) is 2.37. The van der Waals surface area contributed by atoms with E-state index in [-0.39, 0.29) is 5.97 Å². The molecule has 0 saturated heterocycles. The van der Waals surface area contributed by atoms with Crippen LogP contribution in [0.25, 0.3) is 0 Å². The normalized spacial score (nSPS) is 11.1. The Labute approximate surface area is 114 Å². The van der Waals surface area contributed by atoms with Crippen LogP contribution in [-0.4, -0.2) is 26.8 Å². The van der Waals surface area contributed by atoms with Crippen molar-refractivity contribution in [2.45, 2.75) is 20.3 Å². The van der Waals surface area contributed by atoms with E-state index < -0.39 is 0 Å². The number of allylic oxidation sites excluding steroid dienone is 1. The van der Waals surface area contributed by atoms with Crippen molar-refractivity contribution in [2.75, 3.05) is 20.8 Å². The lowest BCUT2D eigenvalue weighted by molar-refractivity contribution is -0.138. The van der Waals surface area contributed by atoms with Gasteiger partial charge >= 0.3 is 5.97 Å². The van der Waals surface area contributed by atoms with Crippen LogP contribution in [0.15, 0.2) is 29.8 Å². The van der Waals surface area contributed by atoms with Crippen LogP contribution in [0, 0.1) is 0 Å². The van der Waals surface area contributed by atoms with Gasteiger partial charge in [0.25, 0.3) is 0 Å². The second-order valence-electron chi connectivity index (χ2n) is 3.95. The number of carbonyl (C=O) groups excluding carboxylic acids is 1. The summed E-state index contributed by atoms with van der Waals surface area (Å²) in [5, 5.41) is 0. The predicted octanol–water partition coefficient (Wildman–Crippen LogP) is 2.76. The highest BCUT2D eigenvalue weighted by molar-refractivity contribution is 5.87. The van der Waals surface area contributed by atoms with E-state index in [9.17, 15) is 4.79 Å². The summed E-state index contributed by atoms with van der Waals surface area (Å²) in [5.41, 5.74) is 1.49. The van der Waals surface area contributed by atoms with Gasteiger partial charge < -0.3 is 14.2 Å². The van der Waals surface area contributed by atoms with Crippen LogP contribution in [0.3, 0.4) is 0 Å². The molecule has 0 aliphatic heterocycles. The fourth-order valence-electron chi connectivity index (χ4n) is 1.71. The highest BCUT2D eigenvalue weighted by Gasteiger charge is 2.10. The van der Waals surface area contributed by atoms with Crippen molar-refractivity contribution in [1.29, 1.82) is 0 Å². The summed E-state index contributed by atoms with van der Waals surface area (Å²) in [4.78, 5) is 11.5. The minimum absolute atomic E-state index is 0.295. The average molecular weight is 264 g/mol. The Morgan fingerprint density at radius 2 is 1.79 bits per heavy atom. The number of rotatable bonds is 6. The zero-order chi connectivity index (χ0) is 14.3. The molecule has 104 valence electrons. The Hall–Kier alpha value is -1.97. The van der Waals surface area contributed by atoms with E-state index >= 15 is 0 Å². The molecule has 19 heavy (non-hydrogen) atoms.